The van der Waals surface area contributed by atoms with Crippen LogP contribution >= 0.6 is 0 Å². The number of aromatic nitrogens is 2. The molecule has 19 heavy (non-hydrogen) atoms. The molecule has 0 amide bonds. The van der Waals surface area contributed by atoms with E-state index in [4.69, 9.17) is 5.11 Å². The fourth-order valence-electron chi connectivity index (χ4n) is 2.01. The highest BCUT2D eigenvalue weighted by Gasteiger charge is 2.40. The topological polar surface area (TPSA) is 55.1 Å². The second kappa shape index (κ2) is 4.95. The van der Waals surface area contributed by atoms with Crippen LogP contribution in [0.5, 0.6) is 0 Å². The van der Waals surface area contributed by atoms with E-state index in [9.17, 15) is 13.6 Å². The Bertz CT molecular complexity index is 608. The molecule has 0 saturated heterocycles. The number of imidazole rings is 1. The number of nitrogens with zero attached hydrogens (tertiary/aromatic N) is 2. The van der Waals surface area contributed by atoms with Gasteiger partial charge in [-0.05, 0) is 18.6 Å². The maximum Gasteiger partial charge on any atom is 0.375 e. The van der Waals surface area contributed by atoms with Crippen molar-refractivity contribution in [1.82, 2.24) is 9.55 Å². The van der Waals surface area contributed by atoms with Crippen molar-refractivity contribution in [3.05, 3.63) is 30.1 Å². The van der Waals surface area contributed by atoms with Crippen LogP contribution in [0.2, 0.25) is 0 Å². The minimum atomic E-state index is -3.80. The van der Waals surface area contributed by atoms with E-state index in [1.807, 2.05) is 6.92 Å². The predicted molar refractivity (Wildman–Crippen MR) is 66.3 cm³/mol. The fraction of sp³-hybridized carbons (Fsp3) is 0.385. The Morgan fingerprint density at radius 1 is 1.42 bits per heavy atom. The Morgan fingerprint density at radius 3 is 2.74 bits per heavy atom. The lowest BCUT2D eigenvalue weighted by molar-refractivity contribution is -0.164. The third-order valence-electron chi connectivity index (χ3n) is 2.87. The van der Waals surface area contributed by atoms with E-state index >= 15 is 0 Å². The smallest absolute Gasteiger partial charge is 0.375 e. The number of rotatable bonds is 5. The number of carboxylic acid groups (broad SMARTS) is 1. The van der Waals surface area contributed by atoms with Crippen LogP contribution in [0, 0.1) is 0 Å². The quantitative estimate of drug-likeness (QED) is 0.907. The molecule has 0 atom stereocenters. The van der Waals surface area contributed by atoms with Crippen LogP contribution in [-0.2, 0) is 17.8 Å². The summed E-state index contributed by atoms with van der Waals surface area (Å²) in [6, 6.07) is 7.09. The van der Waals surface area contributed by atoms with Crippen LogP contribution in [0.15, 0.2) is 24.3 Å². The number of aliphatic carboxylic acids is 1. The van der Waals surface area contributed by atoms with Gasteiger partial charge in [0.05, 0.1) is 17.5 Å². The first-order valence-electron chi connectivity index (χ1n) is 6.01. The van der Waals surface area contributed by atoms with Crippen molar-refractivity contribution in [1.29, 1.82) is 0 Å². The molecule has 1 heterocycles. The molecule has 6 heteroatoms. The number of benzene rings is 1. The second-order valence-corrected chi connectivity index (χ2v) is 4.35. The van der Waals surface area contributed by atoms with Crippen molar-refractivity contribution in [2.75, 3.05) is 0 Å². The molecule has 0 bridgehead atoms. The number of fused-ring (bicyclic) bond motifs is 1. The zero-order valence-electron chi connectivity index (χ0n) is 10.4. The molecule has 2 aromatic rings. The molecule has 0 radical (unpaired) electrons. The number of para-hydroxylation sites is 2. The minimum absolute atomic E-state index is 0.107. The first-order chi connectivity index (χ1) is 8.95. The summed E-state index contributed by atoms with van der Waals surface area (Å²) in [5, 5.41) is 8.51. The average molecular weight is 268 g/mol. The standard InChI is InChI=1S/C13H14F2N2O2/c1-2-7-17-10-6-4-3-5-9(10)16-11(17)8-13(14,15)12(18)19/h3-6H,2,7-8H2,1H3,(H,18,19). The van der Waals surface area contributed by atoms with Gasteiger partial charge in [-0.25, -0.2) is 9.78 Å². The molecule has 0 aliphatic heterocycles. The van der Waals surface area contributed by atoms with Crippen molar-refractivity contribution in [2.24, 2.45) is 0 Å². The number of hydrogen-bond acceptors (Lipinski definition) is 2. The number of alkyl halides is 2. The van der Waals surface area contributed by atoms with Crippen molar-refractivity contribution >= 4 is 17.0 Å². The first-order valence-corrected chi connectivity index (χ1v) is 6.01. The van der Waals surface area contributed by atoms with E-state index in [-0.39, 0.29) is 5.82 Å². The van der Waals surface area contributed by atoms with Gasteiger partial charge in [-0.2, -0.15) is 8.78 Å². The minimum Gasteiger partial charge on any atom is -0.477 e. The van der Waals surface area contributed by atoms with Gasteiger partial charge in [0.2, 0.25) is 0 Å². The SMILES string of the molecule is CCCn1c(CC(F)(F)C(=O)O)nc2ccccc21. The van der Waals surface area contributed by atoms with Gasteiger partial charge in [0.1, 0.15) is 5.82 Å². The van der Waals surface area contributed by atoms with Gasteiger partial charge in [-0.3, -0.25) is 0 Å². The number of hydrogen-bond donors (Lipinski definition) is 1. The second-order valence-electron chi connectivity index (χ2n) is 4.35. The molecule has 4 nitrogen and oxygen atoms in total. The number of carbonyl (C=O) groups is 1. The molecule has 0 fully saturated rings. The maximum atomic E-state index is 13.3. The molecular weight excluding hydrogens is 254 g/mol. The largest absolute Gasteiger partial charge is 0.477 e. The summed E-state index contributed by atoms with van der Waals surface area (Å²) < 4.78 is 28.3. The van der Waals surface area contributed by atoms with E-state index in [2.05, 4.69) is 4.98 Å². The Hall–Kier alpha value is -1.98. The lowest BCUT2D eigenvalue weighted by atomic mass is 10.2. The number of aryl methyl sites for hydroxylation is 1. The van der Waals surface area contributed by atoms with Crippen molar-refractivity contribution in [2.45, 2.75) is 32.2 Å². The normalized spacial score (nSPS) is 11.9. The van der Waals surface area contributed by atoms with Crippen LogP contribution in [0.1, 0.15) is 19.2 Å². The van der Waals surface area contributed by atoms with E-state index in [0.717, 1.165) is 11.9 Å². The highest BCUT2D eigenvalue weighted by Crippen LogP contribution is 2.24. The maximum absolute atomic E-state index is 13.3. The summed E-state index contributed by atoms with van der Waals surface area (Å²) in [5.74, 6) is -5.81. The third-order valence-corrected chi connectivity index (χ3v) is 2.87. The van der Waals surface area contributed by atoms with Crippen molar-refractivity contribution in [3.63, 3.8) is 0 Å². The molecule has 102 valence electrons. The van der Waals surface area contributed by atoms with Crippen LogP contribution < -0.4 is 0 Å². The number of halogens is 2. The summed E-state index contributed by atoms with van der Waals surface area (Å²) >= 11 is 0. The molecule has 0 unspecified atom stereocenters. The first kappa shape index (κ1) is 13.5. The van der Waals surface area contributed by atoms with Crippen molar-refractivity contribution in [3.8, 4) is 0 Å². The fourth-order valence-corrected chi connectivity index (χ4v) is 2.01. The summed E-state index contributed by atoms with van der Waals surface area (Å²) in [7, 11) is 0. The molecule has 2 rings (SSSR count). The summed E-state index contributed by atoms with van der Waals surface area (Å²) in [4.78, 5) is 14.6. The lowest BCUT2D eigenvalue weighted by Gasteiger charge is -2.12. The van der Waals surface area contributed by atoms with E-state index in [1.54, 1.807) is 28.8 Å². The zero-order valence-corrected chi connectivity index (χ0v) is 10.4. The van der Waals surface area contributed by atoms with Gasteiger partial charge < -0.3 is 9.67 Å². The summed E-state index contributed by atoms with van der Waals surface area (Å²) in [6.45, 7) is 2.46. The molecular formula is C13H14F2N2O2. The molecule has 1 N–H and O–H groups in total. The van der Waals surface area contributed by atoms with Gasteiger partial charge in [0.15, 0.2) is 0 Å². The predicted octanol–water partition coefficient (Wildman–Crippen LogP) is 2.71. The molecule has 0 spiro atoms. The molecule has 1 aromatic heterocycles. The van der Waals surface area contributed by atoms with Gasteiger partial charge in [0.25, 0.3) is 0 Å². The van der Waals surface area contributed by atoms with Crippen LogP contribution in [-0.4, -0.2) is 26.5 Å². The molecule has 1 aromatic carbocycles. The van der Waals surface area contributed by atoms with Gasteiger partial charge in [-0.15, -0.1) is 0 Å². The Kier molecular flexibility index (Phi) is 3.50. The molecule has 0 saturated carbocycles. The Morgan fingerprint density at radius 2 is 2.11 bits per heavy atom. The van der Waals surface area contributed by atoms with E-state index in [1.165, 1.54) is 0 Å². The third kappa shape index (κ3) is 2.57. The van der Waals surface area contributed by atoms with Gasteiger partial charge in [0, 0.05) is 6.54 Å². The Labute approximate surface area is 108 Å². The monoisotopic (exact) mass is 268 g/mol. The van der Waals surface area contributed by atoms with Gasteiger partial charge in [-0.1, -0.05) is 19.1 Å². The molecule has 0 aliphatic carbocycles. The number of carboxylic acids is 1. The average Bonchev–Trinajstić information content (AvgIpc) is 2.67. The zero-order chi connectivity index (χ0) is 14.0. The lowest BCUT2D eigenvalue weighted by Crippen LogP contribution is -2.32. The van der Waals surface area contributed by atoms with Crippen LogP contribution in [0.3, 0.4) is 0 Å². The van der Waals surface area contributed by atoms with Crippen LogP contribution in [0.4, 0.5) is 8.78 Å². The Balaban J connectivity index is 2.47. The van der Waals surface area contributed by atoms with Crippen molar-refractivity contribution < 1.29 is 18.7 Å². The van der Waals surface area contributed by atoms with Crippen LogP contribution in [0.25, 0.3) is 11.0 Å². The summed E-state index contributed by atoms with van der Waals surface area (Å²) in [6.07, 6.45) is -0.136. The summed E-state index contributed by atoms with van der Waals surface area (Å²) in [5.41, 5.74) is 1.35. The highest BCUT2D eigenvalue weighted by molar-refractivity contribution is 5.77. The van der Waals surface area contributed by atoms with Gasteiger partial charge >= 0.3 is 11.9 Å². The highest BCUT2D eigenvalue weighted by atomic mass is 19.3. The van der Waals surface area contributed by atoms with E-state index in [0.29, 0.717) is 12.1 Å². The molecule has 0 aliphatic rings. The van der Waals surface area contributed by atoms with E-state index < -0.39 is 18.3 Å².